The average molecular weight is 430 g/mol. The zero-order valence-corrected chi connectivity index (χ0v) is 17.0. The minimum Gasteiger partial charge on any atom is -0.395 e. The fourth-order valence-electron chi connectivity index (χ4n) is 4.17. The molecule has 0 spiro atoms. The molecule has 158 valence electrons. The molecule has 2 amide bonds. The van der Waals surface area contributed by atoms with Crippen LogP contribution in [0.25, 0.3) is 0 Å². The van der Waals surface area contributed by atoms with Crippen molar-refractivity contribution < 1.29 is 19.8 Å². The fourth-order valence-corrected chi connectivity index (χ4v) is 4.37. The minimum atomic E-state index is -0.898. The lowest BCUT2D eigenvalue weighted by Gasteiger charge is -2.26. The molecule has 5 N–H and O–H groups in total. The summed E-state index contributed by atoms with van der Waals surface area (Å²) < 4.78 is 0. The number of rotatable bonds is 6. The molecule has 30 heavy (non-hydrogen) atoms. The van der Waals surface area contributed by atoms with Gasteiger partial charge in [-0.3, -0.25) is 9.59 Å². The number of aliphatic hydroxyl groups is 2. The third-order valence-corrected chi connectivity index (χ3v) is 6.04. The van der Waals surface area contributed by atoms with Gasteiger partial charge in [0.1, 0.15) is 6.04 Å². The van der Waals surface area contributed by atoms with Crippen molar-refractivity contribution in [1.82, 2.24) is 10.6 Å². The number of benzene rings is 2. The molecule has 1 heterocycles. The first-order valence-electron chi connectivity index (χ1n) is 9.95. The molecule has 0 radical (unpaired) electrons. The monoisotopic (exact) mass is 429 g/mol. The van der Waals surface area contributed by atoms with Gasteiger partial charge in [0.05, 0.1) is 31.2 Å². The van der Waals surface area contributed by atoms with Gasteiger partial charge in [0, 0.05) is 17.1 Å². The van der Waals surface area contributed by atoms with Crippen LogP contribution in [-0.2, 0) is 22.4 Å². The topological polar surface area (TPSA) is 111 Å². The molecule has 3 atom stereocenters. The van der Waals surface area contributed by atoms with Crippen molar-refractivity contribution in [2.24, 2.45) is 5.92 Å². The van der Waals surface area contributed by atoms with Crippen LogP contribution in [0, 0.1) is 5.92 Å². The molecule has 1 unspecified atom stereocenters. The van der Waals surface area contributed by atoms with Gasteiger partial charge in [-0.05, 0) is 41.3 Å². The Labute approximate surface area is 179 Å². The highest BCUT2D eigenvalue weighted by molar-refractivity contribution is 6.30. The summed E-state index contributed by atoms with van der Waals surface area (Å²) in [6.07, 6.45) is 1.12. The second-order valence-corrected chi connectivity index (χ2v) is 8.21. The number of anilines is 1. The van der Waals surface area contributed by atoms with Crippen molar-refractivity contribution in [3.05, 3.63) is 64.2 Å². The highest BCUT2D eigenvalue weighted by atomic mass is 35.5. The number of fused-ring (bicyclic) bond motifs is 2. The van der Waals surface area contributed by atoms with Gasteiger partial charge in [-0.2, -0.15) is 0 Å². The molecule has 0 saturated carbocycles. The van der Waals surface area contributed by atoms with E-state index in [0.29, 0.717) is 17.9 Å². The van der Waals surface area contributed by atoms with Gasteiger partial charge >= 0.3 is 0 Å². The van der Waals surface area contributed by atoms with Crippen molar-refractivity contribution in [3.63, 3.8) is 0 Å². The molecule has 7 nitrogen and oxygen atoms in total. The molecule has 1 aliphatic carbocycles. The van der Waals surface area contributed by atoms with Gasteiger partial charge in [-0.15, -0.1) is 0 Å². The standard InChI is InChI=1S/C22H24ClN3O4/c23-15-5-6-17-13(7-15)9-19(24-17)22(30)25-18-8-12-3-1-2-4-16(12)20(18)26-21(29)14(10-27)11-28/h1-7,14,18-20,24,27-28H,8-11H2,(H,25,30)(H,26,29)/t18?,19-,20+/m0/s1. The predicted octanol–water partition coefficient (Wildman–Crippen LogP) is 1.18. The molecule has 1 aliphatic heterocycles. The summed E-state index contributed by atoms with van der Waals surface area (Å²) in [5.41, 5.74) is 3.87. The zero-order valence-electron chi connectivity index (χ0n) is 16.3. The highest BCUT2D eigenvalue weighted by Gasteiger charge is 2.37. The Morgan fingerprint density at radius 1 is 1.07 bits per heavy atom. The summed E-state index contributed by atoms with van der Waals surface area (Å²) in [7, 11) is 0. The number of hydrogen-bond donors (Lipinski definition) is 5. The summed E-state index contributed by atoms with van der Waals surface area (Å²) in [4.78, 5) is 25.5. The van der Waals surface area contributed by atoms with E-state index < -0.39 is 37.1 Å². The van der Waals surface area contributed by atoms with Crippen LogP contribution in [0.15, 0.2) is 42.5 Å². The first-order chi connectivity index (χ1) is 14.5. The fraction of sp³-hybridized carbons (Fsp3) is 0.364. The summed E-state index contributed by atoms with van der Waals surface area (Å²) >= 11 is 6.05. The van der Waals surface area contributed by atoms with Crippen LogP contribution in [0.4, 0.5) is 5.69 Å². The number of amides is 2. The van der Waals surface area contributed by atoms with E-state index in [1.165, 1.54) is 0 Å². The minimum absolute atomic E-state index is 0.153. The Morgan fingerprint density at radius 2 is 1.83 bits per heavy atom. The largest absolute Gasteiger partial charge is 0.395 e. The van der Waals surface area contributed by atoms with Crippen LogP contribution in [0.1, 0.15) is 22.7 Å². The molecule has 2 aromatic carbocycles. The van der Waals surface area contributed by atoms with Gasteiger partial charge in [-0.25, -0.2) is 0 Å². The summed E-state index contributed by atoms with van der Waals surface area (Å²) in [6.45, 7) is -0.888. The molecule has 2 aromatic rings. The lowest BCUT2D eigenvalue weighted by atomic mass is 10.0. The van der Waals surface area contributed by atoms with Crippen LogP contribution in [-0.4, -0.2) is 47.3 Å². The third-order valence-electron chi connectivity index (χ3n) is 5.81. The molecule has 0 fully saturated rings. The number of halogens is 1. The van der Waals surface area contributed by atoms with E-state index in [4.69, 9.17) is 11.6 Å². The first-order valence-corrected chi connectivity index (χ1v) is 10.3. The quantitative estimate of drug-likeness (QED) is 0.473. The molecule has 0 aromatic heterocycles. The number of carbonyl (C=O) groups is 2. The van der Waals surface area contributed by atoms with Crippen LogP contribution < -0.4 is 16.0 Å². The van der Waals surface area contributed by atoms with E-state index in [1.807, 2.05) is 36.4 Å². The van der Waals surface area contributed by atoms with Crippen LogP contribution in [0.3, 0.4) is 0 Å². The Morgan fingerprint density at radius 3 is 2.60 bits per heavy atom. The predicted molar refractivity (Wildman–Crippen MR) is 113 cm³/mol. The summed E-state index contributed by atoms with van der Waals surface area (Å²) in [5, 5.41) is 28.5. The maximum Gasteiger partial charge on any atom is 0.243 e. The molecule has 2 aliphatic rings. The number of nitrogens with one attached hydrogen (secondary N) is 3. The van der Waals surface area contributed by atoms with Crippen molar-refractivity contribution in [2.45, 2.75) is 31.0 Å². The second kappa shape index (κ2) is 8.63. The van der Waals surface area contributed by atoms with Crippen LogP contribution >= 0.6 is 11.6 Å². The van der Waals surface area contributed by atoms with Gasteiger partial charge < -0.3 is 26.2 Å². The highest BCUT2D eigenvalue weighted by Crippen LogP contribution is 2.33. The smallest absolute Gasteiger partial charge is 0.243 e. The third kappa shape index (κ3) is 4.01. The van der Waals surface area contributed by atoms with Gasteiger partial charge in [-0.1, -0.05) is 35.9 Å². The summed E-state index contributed by atoms with van der Waals surface area (Å²) in [6, 6.07) is 12.0. The molecule has 8 heteroatoms. The molecular weight excluding hydrogens is 406 g/mol. The van der Waals surface area contributed by atoms with Gasteiger partial charge in [0.25, 0.3) is 0 Å². The second-order valence-electron chi connectivity index (χ2n) is 7.77. The zero-order chi connectivity index (χ0) is 21.3. The maximum atomic E-state index is 13.0. The molecule has 0 bridgehead atoms. The van der Waals surface area contributed by atoms with Crippen LogP contribution in [0.5, 0.6) is 0 Å². The van der Waals surface area contributed by atoms with Gasteiger partial charge in [0.15, 0.2) is 0 Å². The van der Waals surface area contributed by atoms with E-state index in [0.717, 1.165) is 22.4 Å². The molecule has 0 saturated heterocycles. The van der Waals surface area contributed by atoms with Crippen molar-refractivity contribution in [1.29, 1.82) is 0 Å². The van der Waals surface area contributed by atoms with Gasteiger partial charge in [0.2, 0.25) is 11.8 Å². The number of hydrogen-bond acceptors (Lipinski definition) is 5. The number of aliphatic hydroxyl groups excluding tert-OH is 2. The number of carbonyl (C=O) groups excluding carboxylic acids is 2. The van der Waals surface area contributed by atoms with E-state index in [-0.39, 0.29) is 11.9 Å². The van der Waals surface area contributed by atoms with E-state index in [2.05, 4.69) is 16.0 Å². The first kappa shape index (κ1) is 20.7. The Hall–Kier alpha value is -2.61. The SMILES string of the molecule is O=C(N[C@@H]1c2ccccc2CC1NC(=O)[C@@H]1Cc2cc(Cl)ccc2N1)C(CO)CO. The van der Waals surface area contributed by atoms with E-state index in [9.17, 15) is 19.8 Å². The molecule has 4 rings (SSSR count). The molecular formula is C22H24ClN3O4. The lowest BCUT2D eigenvalue weighted by Crippen LogP contribution is -2.50. The normalized spacial score (nSPS) is 21.7. The summed E-state index contributed by atoms with van der Waals surface area (Å²) in [5.74, 6) is -1.49. The maximum absolute atomic E-state index is 13.0. The van der Waals surface area contributed by atoms with E-state index >= 15 is 0 Å². The Kier molecular flexibility index (Phi) is 5.94. The van der Waals surface area contributed by atoms with Crippen molar-refractivity contribution in [3.8, 4) is 0 Å². The van der Waals surface area contributed by atoms with Crippen molar-refractivity contribution >= 4 is 29.1 Å². The van der Waals surface area contributed by atoms with Crippen molar-refractivity contribution in [2.75, 3.05) is 18.5 Å². The Balaban J connectivity index is 1.48. The lowest BCUT2D eigenvalue weighted by molar-refractivity contribution is -0.129. The Bertz CT molecular complexity index is 963. The van der Waals surface area contributed by atoms with Crippen LogP contribution in [0.2, 0.25) is 5.02 Å². The van der Waals surface area contributed by atoms with E-state index in [1.54, 1.807) is 6.07 Å². The average Bonchev–Trinajstić information content (AvgIpc) is 3.30.